The molecule has 7 atom stereocenters. The molecule has 0 spiro atoms. The number of hydrogen-bond acceptors (Lipinski definition) is 8. The molecule has 1 heterocycles. The largest absolute Gasteiger partial charge is 0.394 e. The van der Waals surface area contributed by atoms with Crippen LogP contribution >= 0.6 is 0 Å². The summed E-state index contributed by atoms with van der Waals surface area (Å²) < 4.78 is 11.3. The molecule has 1 rings (SSSR count). The molecule has 0 aromatic rings. The van der Waals surface area contributed by atoms with E-state index >= 15 is 0 Å². The molecule has 9 heteroatoms. The maximum Gasteiger partial charge on any atom is 0.220 e. The molecule has 9 nitrogen and oxygen atoms in total. The van der Waals surface area contributed by atoms with E-state index in [1.807, 2.05) is 6.08 Å². The van der Waals surface area contributed by atoms with E-state index < -0.39 is 49.5 Å². The second-order valence-corrected chi connectivity index (χ2v) is 25.0. The Morgan fingerprint density at radius 3 is 1.05 bits per heavy atom. The fourth-order valence-electron chi connectivity index (χ4n) is 11.7. The van der Waals surface area contributed by atoms with Gasteiger partial charge < -0.3 is 40.3 Å². The smallest absolute Gasteiger partial charge is 0.220 e. The van der Waals surface area contributed by atoms with Crippen LogP contribution in [0.5, 0.6) is 0 Å². The molecule has 0 radical (unpaired) electrons. The Morgan fingerprint density at radius 1 is 0.412 bits per heavy atom. The zero-order chi connectivity index (χ0) is 57.9. The van der Waals surface area contributed by atoms with Crippen molar-refractivity contribution < 1.29 is 39.8 Å². The van der Waals surface area contributed by atoms with E-state index in [4.69, 9.17) is 9.47 Å². The molecule has 0 aromatic heterocycles. The first-order chi connectivity index (χ1) is 39.3. The number of aliphatic hydroxyl groups excluding tert-OH is 5. The molecule has 1 saturated heterocycles. The topological polar surface area (TPSA) is 149 Å². The number of nitrogens with one attached hydrogen (secondary N) is 1. The molecule has 1 aliphatic heterocycles. The third-order valence-corrected chi connectivity index (χ3v) is 17.3. The van der Waals surface area contributed by atoms with Gasteiger partial charge in [0.05, 0.1) is 25.4 Å². The Morgan fingerprint density at radius 2 is 0.713 bits per heavy atom. The number of hydrogen-bond donors (Lipinski definition) is 6. The first-order valence-corrected chi connectivity index (χ1v) is 35.6. The average molecular weight is 1130 g/mol. The minimum absolute atomic E-state index is 0.178. The van der Waals surface area contributed by atoms with Crippen molar-refractivity contribution in [1.82, 2.24) is 5.32 Å². The molecule has 6 N–H and O–H groups in total. The quantitative estimate of drug-likeness (QED) is 0.0261. The van der Waals surface area contributed by atoms with Crippen molar-refractivity contribution in [3.05, 3.63) is 24.3 Å². The number of unbranched alkanes of at least 4 members (excludes halogenated alkanes) is 51. The van der Waals surface area contributed by atoms with E-state index in [9.17, 15) is 30.3 Å². The summed E-state index contributed by atoms with van der Waals surface area (Å²) in [6.45, 7) is 3.83. The minimum atomic E-state index is -1.57. The van der Waals surface area contributed by atoms with Gasteiger partial charge in [0.25, 0.3) is 0 Å². The Kier molecular flexibility index (Phi) is 58.3. The number of allylic oxidation sites excluding steroid dienone is 3. The number of amides is 1. The van der Waals surface area contributed by atoms with Gasteiger partial charge in [-0.15, -0.1) is 0 Å². The lowest BCUT2D eigenvalue weighted by Crippen LogP contribution is -2.60. The maximum absolute atomic E-state index is 13.1. The van der Waals surface area contributed by atoms with Crippen molar-refractivity contribution in [2.75, 3.05) is 13.2 Å². The van der Waals surface area contributed by atoms with E-state index in [0.717, 1.165) is 38.5 Å². The van der Waals surface area contributed by atoms with Crippen LogP contribution in [0.4, 0.5) is 0 Å². The Labute approximate surface area is 496 Å². The van der Waals surface area contributed by atoms with Gasteiger partial charge in [-0.1, -0.05) is 353 Å². The van der Waals surface area contributed by atoms with Crippen LogP contribution in [0.3, 0.4) is 0 Å². The number of ether oxygens (including phenoxy) is 2. The van der Waals surface area contributed by atoms with Crippen LogP contribution in [0, 0.1) is 0 Å². The lowest BCUT2D eigenvalue weighted by molar-refractivity contribution is -0.302. The third kappa shape index (κ3) is 49.0. The van der Waals surface area contributed by atoms with Crippen molar-refractivity contribution in [3.63, 3.8) is 0 Å². The molecule has 1 fully saturated rings. The van der Waals surface area contributed by atoms with Crippen LogP contribution in [0.25, 0.3) is 0 Å². The predicted molar refractivity (Wildman–Crippen MR) is 341 cm³/mol. The van der Waals surface area contributed by atoms with Crippen LogP contribution in [-0.2, 0) is 14.3 Å². The molecule has 1 aliphatic rings. The molecule has 7 unspecified atom stereocenters. The first-order valence-electron chi connectivity index (χ1n) is 35.6. The van der Waals surface area contributed by atoms with Crippen LogP contribution < -0.4 is 5.32 Å². The Hall–Kier alpha value is -1.33. The molecule has 0 aromatic carbocycles. The number of carbonyl (C=O) groups is 1. The number of rotatable bonds is 63. The van der Waals surface area contributed by atoms with Crippen molar-refractivity contribution in [1.29, 1.82) is 0 Å². The van der Waals surface area contributed by atoms with E-state index in [2.05, 4.69) is 31.3 Å². The van der Waals surface area contributed by atoms with Crippen LogP contribution in [-0.4, -0.2) is 87.5 Å². The summed E-state index contributed by atoms with van der Waals surface area (Å²) in [7, 11) is 0. The van der Waals surface area contributed by atoms with Gasteiger partial charge in [-0.05, 0) is 32.1 Å². The maximum atomic E-state index is 13.1. The second kappa shape index (κ2) is 60.8. The fraction of sp³-hybridized carbons (Fsp3) is 0.930. The summed E-state index contributed by atoms with van der Waals surface area (Å²) in [5, 5.41) is 54.7. The van der Waals surface area contributed by atoms with Crippen molar-refractivity contribution in [2.24, 2.45) is 0 Å². The van der Waals surface area contributed by atoms with E-state index in [-0.39, 0.29) is 12.5 Å². The normalized spacial score (nSPS) is 18.5. The van der Waals surface area contributed by atoms with Gasteiger partial charge in [-0.25, -0.2) is 0 Å². The highest BCUT2D eigenvalue weighted by Gasteiger charge is 2.44. The average Bonchev–Trinajstić information content (AvgIpc) is 3.46. The highest BCUT2D eigenvalue weighted by molar-refractivity contribution is 5.76. The van der Waals surface area contributed by atoms with Crippen LogP contribution in [0.15, 0.2) is 24.3 Å². The minimum Gasteiger partial charge on any atom is -0.394 e. The lowest BCUT2D eigenvalue weighted by atomic mass is 9.99. The standard InChI is InChI=1S/C71H137NO8/c1-3-5-7-9-11-13-15-17-19-21-23-25-27-29-30-31-32-33-34-35-37-38-40-42-44-46-48-50-52-54-56-58-60-65(74)64(63-79-71-70(78)69(77)68(76)66(62-73)80-71)72-67(75)61-59-57-55-53-51-49-47-45-43-41-39-36-28-26-24-22-20-18-16-14-12-10-8-6-4-2/h50,52,58,60,64-66,68-71,73-74,76-78H,3-49,51,53-57,59,61-63H2,1-2H3,(H,72,75)/b52-50+,60-58+. The molecule has 1 amide bonds. The van der Waals surface area contributed by atoms with E-state index in [1.165, 1.54) is 308 Å². The van der Waals surface area contributed by atoms with Crippen LogP contribution in [0.2, 0.25) is 0 Å². The molecule has 0 aliphatic carbocycles. The van der Waals surface area contributed by atoms with Crippen molar-refractivity contribution in [2.45, 2.75) is 410 Å². The summed E-state index contributed by atoms with van der Waals surface area (Å²) in [4.78, 5) is 13.1. The van der Waals surface area contributed by atoms with Crippen molar-refractivity contribution >= 4 is 5.91 Å². The van der Waals surface area contributed by atoms with Gasteiger partial charge in [-0.2, -0.15) is 0 Å². The van der Waals surface area contributed by atoms with Gasteiger partial charge in [0.2, 0.25) is 5.91 Å². The van der Waals surface area contributed by atoms with Gasteiger partial charge in [0, 0.05) is 6.42 Å². The molecule has 474 valence electrons. The first kappa shape index (κ1) is 76.7. The zero-order valence-corrected chi connectivity index (χ0v) is 53.1. The SMILES string of the molecule is CCCCCCCCCCCCCCCCCCCCCCCCCCCC/C=C/CC/C=C/C(O)C(COC1OC(CO)C(O)C(O)C1O)NC(=O)CCCCCCCCCCCCCCCCCCCCCCCCCCC. The highest BCUT2D eigenvalue weighted by atomic mass is 16.7. The van der Waals surface area contributed by atoms with Gasteiger partial charge in [-0.3, -0.25) is 4.79 Å². The molecule has 0 saturated carbocycles. The van der Waals surface area contributed by atoms with E-state index in [1.54, 1.807) is 6.08 Å². The lowest BCUT2D eigenvalue weighted by Gasteiger charge is -2.40. The monoisotopic (exact) mass is 1130 g/mol. The molecular formula is C71H137NO8. The summed E-state index contributed by atoms with van der Waals surface area (Å²) in [5.74, 6) is -0.178. The summed E-state index contributed by atoms with van der Waals surface area (Å²) in [6, 6.07) is -0.820. The van der Waals surface area contributed by atoms with Crippen molar-refractivity contribution in [3.8, 4) is 0 Å². The second-order valence-electron chi connectivity index (χ2n) is 25.0. The van der Waals surface area contributed by atoms with Gasteiger partial charge in [0.15, 0.2) is 6.29 Å². The number of carbonyl (C=O) groups excluding carboxylic acids is 1. The van der Waals surface area contributed by atoms with Gasteiger partial charge in [0.1, 0.15) is 24.4 Å². The van der Waals surface area contributed by atoms with Gasteiger partial charge >= 0.3 is 0 Å². The molecular weight excluding hydrogens is 995 g/mol. The summed E-state index contributed by atoms with van der Waals surface area (Å²) in [6.07, 6.45) is 73.0. The predicted octanol–water partition coefficient (Wildman–Crippen LogP) is 19.3. The van der Waals surface area contributed by atoms with Crippen LogP contribution in [0.1, 0.15) is 367 Å². The Balaban J connectivity index is 2.13. The fourth-order valence-corrected chi connectivity index (χ4v) is 11.7. The Bertz CT molecular complexity index is 1310. The highest BCUT2D eigenvalue weighted by Crippen LogP contribution is 2.24. The van der Waals surface area contributed by atoms with E-state index in [0.29, 0.717) is 6.42 Å². The molecule has 0 bridgehead atoms. The zero-order valence-electron chi connectivity index (χ0n) is 53.1. The molecule has 80 heavy (non-hydrogen) atoms. The number of aliphatic hydroxyl groups is 5. The summed E-state index contributed by atoms with van der Waals surface area (Å²) >= 11 is 0. The third-order valence-electron chi connectivity index (χ3n) is 17.3. The summed E-state index contributed by atoms with van der Waals surface area (Å²) in [5.41, 5.74) is 0.